The van der Waals surface area contributed by atoms with Gasteiger partial charge in [0.05, 0.1) is 16.8 Å². The van der Waals surface area contributed by atoms with E-state index in [4.69, 9.17) is 21.3 Å². The maximum Gasteiger partial charge on any atom is 0.260 e. The minimum Gasteiger partial charge on any atom is -0.457 e. The van der Waals surface area contributed by atoms with Gasteiger partial charge in [-0.15, -0.1) is 0 Å². The van der Waals surface area contributed by atoms with Gasteiger partial charge in [-0.3, -0.25) is 14.7 Å². The summed E-state index contributed by atoms with van der Waals surface area (Å²) in [7, 11) is 0. The maximum absolute atomic E-state index is 13.6. The number of anilines is 1. The fourth-order valence-electron chi connectivity index (χ4n) is 3.35. The van der Waals surface area contributed by atoms with E-state index in [1.807, 2.05) is 54.6 Å². The van der Waals surface area contributed by atoms with Crippen LogP contribution in [0.5, 0.6) is 11.5 Å². The molecule has 0 atom stereocenters. The number of hydrogen-bond donors (Lipinski definition) is 0. The van der Waals surface area contributed by atoms with Crippen molar-refractivity contribution in [2.75, 3.05) is 4.90 Å². The van der Waals surface area contributed by atoms with Crippen molar-refractivity contribution in [3.05, 3.63) is 113 Å². The van der Waals surface area contributed by atoms with Crippen LogP contribution in [0.15, 0.2) is 97.3 Å². The second-order valence-electron chi connectivity index (χ2n) is 7.30. The van der Waals surface area contributed by atoms with Gasteiger partial charge in [-0.2, -0.15) is 0 Å². The first-order chi connectivity index (χ1) is 16.2. The smallest absolute Gasteiger partial charge is 0.260 e. The second kappa shape index (κ2) is 9.40. The normalized spacial score (nSPS) is 10.8. The first-order valence-electron chi connectivity index (χ1n) is 10.3. The largest absolute Gasteiger partial charge is 0.457 e. The van der Waals surface area contributed by atoms with Gasteiger partial charge in [0.2, 0.25) is 0 Å². The van der Waals surface area contributed by atoms with Crippen molar-refractivity contribution in [3.8, 4) is 11.5 Å². The van der Waals surface area contributed by atoms with Crippen molar-refractivity contribution in [3.63, 3.8) is 0 Å². The van der Waals surface area contributed by atoms with E-state index in [2.05, 4.69) is 4.98 Å². The number of amides is 1. The van der Waals surface area contributed by atoms with Crippen LogP contribution in [0.3, 0.4) is 0 Å². The Balaban J connectivity index is 1.45. The number of nitrogens with zero attached hydrogens (tertiary/aromatic N) is 3. The quantitative estimate of drug-likeness (QED) is 0.268. The first-order valence-corrected chi connectivity index (χ1v) is 11.4. The van der Waals surface area contributed by atoms with Crippen molar-refractivity contribution in [2.24, 2.45) is 0 Å². The van der Waals surface area contributed by atoms with E-state index in [9.17, 15) is 4.79 Å². The summed E-state index contributed by atoms with van der Waals surface area (Å²) >= 11 is 7.58. The third-order valence-electron chi connectivity index (χ3n) is 4.96. The molecule has 5 rings (SSSR count). The lowest BCUT2D eigenvalue weighted by molar-refractivity contribution is 0.0985. The van der Waals surface area contributed by atoms with Gasteiger partial charge in [0, 0.05) is 23.0 Å². The van der Waals surface area contributed by atoms with Crippen LogP contribution in [0.25, 0.3) is 10.2 Å². The molecule has 7 heteroatoms. The average molecular weight is 472 g/mol. The lowest BCUT2D eigenvalue weighted by atomic mass is 10.1. The third-order valence-corrected chi connectivity index (χ3v) is 6.24. The summed E-state index contributed by atoms with van der Waals surface area (Å²) in [6.07, 6.45) is 3.46. The number of rotatable bonds is 6. The predicted molar refractivity (Wildman–Crippen MR) is 132 cm³/mol. The number of benzene rings is 3. The summed E-state index contributed by atoms with van der Waals surface area (Å²) in [5.74, 6) is 1.24. The first kappa shape index (κ1) is 21.1. The Kier molecular flexibility index (Phi) is 6.02. The number of halogens is 1. The highest BCUT2D eigenvalue weighted by molar-refractivity contribution is 7.22. The highest BCUT2D eigenvalue weighted by Gasteiger charge is 2.22. The third kappa shape index (κ3) is 4.87. The molecule has 0 unspecified atom stereocenters. The molecule has 5 nitrogen and oxygen atoms in total. The van der Waals surface area contributed by atoms with Crippen molar-refractivity contribution in [1.82, 2.24) is 9.97 Å². The van der Waals surface area contributed by atoms with E-state index >= 15 is 0 Å². The number of thiazole rings is 1. The zero-order valence-electron chi connectivity index (χ0n) is 17.4. The van der Waals surface area contributed by atoms with Crippen LogP contribution in [0, 0.1) is 0 Å². The summed E-state index contributed by atoms with van der Waals surface area (Å²) in [6.45, 7) is 0.350. The van der Waals surface area contributed by atoms with E-state index < -0.39 is 0 Å². The molecule has 0 fully saturated rings. The average Bonchev–Trinajstić information content (AvgIpc) is 3.27. The number of carbonyl (C=O) groups is 1. The Morgan fingerprint density at radius 1 is 0.939 bits per heavy atom. The number of fused-ring (bicyclic) bond motifs is 1. The Morgan fingerprint density at radius 3 is 2.48 bits per heavy atom. The van der Waals surface area contributed by atoms with Gasteiger partial charge in [-0.05, 0) is 66.2 Å². The zero-order valence-corrected chi connectivity index (χ0v) is 19.0. The number of hydrogen-bond acceptors (Lipinski definition) is 5. The molecule has 162 valence electrons. The summed E-state index contributed by atoms with van der Waals surface area (Å²) in [5.41, 5.74) is 2.25. The lowest BCUT2D eigenvalue weighted by Crippen LogP contribution is -2.30. The van der Waals surface area contributed by atoms with Crippen molar-refractivity contribution < 1.29 is 9.53 Å². The van der Waals surface area contributed by atoms with Crippen LogP contribution in [0.4, 0.5) is 5.13 Å². The molecule has 2 aromatic heterocycles. The molecule has 0 bridgehead atoms. The van der Waals surface area contributed by atoms with Gasteiger partial charge in [-0.1, -0.05) is 47.2 Å². The van der Waals surface area contributed by atoms with Crippen molar-refractivity contribution in [1.29, 1.82) is 0 Å². The fraction of sp³-hybridized carbons (Fsp3) is 0.0385. The van der Waals surface area contributed by atoms with Crippen LogP contribution < -0.4 is 9.64 Å². The molecule has 1 amide bonds. The lowest BCUT2D eigenvalue weighted by Gasteiger charge is -2.20. The molecule has 0 aliphatic rings. The minimum atomic E-state index is -0.157. The number of para-hydroxylation sites is 1. The molecule has 0 spiro atoms. The Labute approximate surface area is 199 Å². The van der Waals surface area contributed by atoms with Gasteiger partial charge in [-0.25, -0.2) is 4.98 Å². The van der Waals surface area contributed by atoms with Crippen LogP contribution >= 0.6 is 22.9 Å². The van der Waals surface area contributed by atoms with Crippen LogP contribution in [0.2, 0.25) is 5.02 Å². The van der Waals surface area contributed by atoms with Gasteiger partial charge in [0.25, 0.3) is 5.91 Å². The van der Waals surface area contributed by atoms with E-state index in [0.717, 1.165) is 21.5 Å². The second-order valence-corrected chi connectivity index (χ2v) is 8.75. The molecule has 0 N–H and O–H groups in total. The summed E-state index contributed by atoms with van der Waals surface area (Å²) < 4.78 is 6.77. The number of carbonyl (C=O) groups excluding carboxylic acids is 1. The van der Waals surface area contributed by atoms with Gasteiger partial charge < -0.3 is 4.74 Å². The minimum absolute atomic E-state index is 0.157. The number of aromatic nitrogens is 2. The molecule has 2 heterocycles. The van der Waals surface area contributed by atoms with E-state index in [1.165, 1.54) is 11.3 Å². The van der Waals surface area contributed by atoms with E-state index in [-0.39, 0.29) is 5.91 Å². The Morgan fingerprint density at radius 2 is 1.73 bits per heavy atom. The molecular formula is C26H18ClN3O2S. The van der Waals surface area contributed by atoms with Crippen molar-refractivity contribution in [2.45, 2.75) is 6.54 Å². The molecule has 0 saturated carbocycles. The molecule has 3 aromatic carbocycles. The highest BCUT2D eigenvalue weighted by Crippen LogP contribution is 2.32. The molecule has 0 aliphatic carbocycles. The summed E-state index contributed by atoms with van der Waals surface area (Å²) in [4.78, 5) is 24.1. The molecular weight excluding hydrogens is 454 g/mol. The Hall–Kier alpha value is -3.74. The standard InChI is InChI=1S/C26H18ClN3O2S/c27-20-10-13-23-24(15-20)33-26(29-23)30(17-18-5-4-14-28-16-18)25(31)19-8-11-22(12-9-19)32-21-6-2-1-3-7-21/h1-16H,17H2. The van der Waals surface area contributed by atoms with Gasteiger partial charge in [0.15, 0.2) is 5.13 Å². The Bertz CT molecular complexity index is 1390. The van der Waals surface area contributed by atoms with Gasteiger partial charge >= 0.3 is 0 Å². The summed E-state index contributed by atoms with van der Waals surface area (Å²) in [5, 5.41) is 1.24. The highest BCUT2D eigenvalue weighted by atomic mass is 35.5. The van der Waals surface area contributed by atoms with Crippen molar-refractivity contribution >= 4 is 44.2 Å². The summed E-state index contributed by atoms with van der Waals surface area (Å²) in [6, 6.07) is 25.9. The monoisotopic (exact) mass is 471 g/mol. The topological polar surface area (TPSA) is 55.3 Å². The predicted octanol–water partition coefficient (Wildman–Crippen LogP) is 6.98. The van der Waals surface area contributed by atoms with E-state index in [0.29, 0.717) is 28.0 Å². The molecule has 5 aromatic rings. The molecule has 33 heavy (non-hydrogen) atoms. The van der Waals surface area contributed by atoms with Gasteiger partial charge in [0.1, 0.15) is 11.5 Å². The van der Waals surface area contributed by atoms with E-state index in [1.54, 1.807) is 47.6 Å². The SMILES string of the molecule is O=C(c1ccc(Oc2ccccc2)cc1)N(Cc1cccnc1)c1nc2ccc(Cl)cc2s1. The fourth-order valence-corrected chi connectivity index (χ4v) is 4.59. The maximum atomic E-state index is 13.6. The number of pyridine rings is 1. The van der Waals surface area contributed by atoms with Crippen LogP contribution in [-0.4, -0.2) is 15.9 Å². The number of ether oxygens (including phenoxy) is 1. The van der Waals surface area contributed by atoms with Crippen LogP contribution in [0.1, 0.15) is 15.9 Å². The van der Waals surface area contributed by atoms with Crippen LogP contribution in [-0.2, 0) is 6.54 Å². The molecule has 0 aliphatic heterocycles. The molecule has 0 saturated heterocycles. The zero-order chi connectivity index (χ0) is 22.6. The molecule has 0 radical (unpaired) electrons.